The van der Waals surface area contributed by atoms with Crippen LogP contribution in [0.4, 0.5) is 10.1 Å². The second kappa shape index (κ2) is 5.22. The third-order valence-electron chi connectivity index (χ3n) is 1.45. The summed E-state index contributed by atoms with van der Waals surface area (Å²) in [5, 5.41) is 18.1. The van der Waals surface area contributed by atoms with E-state index in [9.17, 15) is 4.39 Å². The Balaban J connectivity index is 2.78. The second-order valence-electron chi connectivity index (χ2n) is 2.49. The molecule has 0 unspecified atom stereocenters. The van der Waals surface area contributed by atoms with Crippen molar-refractivity contribution in [2.24, 2.45) is 0 Å². The molecule has 0 atom stereocenters. The quantitative estimate of drug-likeness (QED) is 0.828. The Bertz CT molecular complexity index is 450. The summed E-state index contributed by atoms with van der Waals surface area (Å²) in [6.45, 7) is 0. The number of halogens is 2. The topological polar surface area (TPSA) is 72.6 Å². The largest absolute Gasteiger partial charge is 0.359 e. The third-order valence-corrected chi connectivity index (χ3v) is 1.83. The molecule has 2 N–H and O–H groups in total. The van der Waals surface area contributed by atoms with Gasteiger partial charge in [-0.1, -0.05) is 0 Å². The molecule has 1 rings (SSSR count). The van der Waals surface area contributed by atoms with E-state index >= 15 is 0 Å². The number of aromatic nitrogens is 1. The zero-order valence-corrected chi connectivity index (χ0v) is 9.05. The van der Waals surface area contributed by atoms with Gasteiger partial charge >= 0.3 is 0 Å². The van der Waals surface area contributed by atoms with Gasteiger partial charge in [0.05, 0.1) is 0 Å². The van der Waals surface area contributed by atoms with E-state index in [-0.39, 0.29) is 10.3 Å². The van der Waals surface area contributed by atoms with Crippen LogP contribution in [-0.2, 0) is 0 Å². The van der Waals surface area contributed by atoms with Gasteiger partial charge in [-0.05, 0) is 28.1 Å². The number of anilines is 1. The van der Waals surface area contributed by atoms with Gasteiger partial charge in [0.15, 0.2) is 5.83 Å². The van der Waals surface area contributed by atoms with Gasteiger partial charge in [0.1, 0.15) is 16.4 Å². The lowest BCUT2D eigenvalue weighted by molar-refractivity contribution is 0.682. The van der Waals surface area contributed by atoms with Gasteiger partial charge < -0.3 is 5.32 Å². The molecule has 0 bridgehead atoms. The molecule has 0 aliphatic heterocycles. The molecular weight excluding hydrogens is 263 g/mol. The molecule has 15 heavy (non-hydrogen) atoms. The van der Waals surface area contributed by atoms with Crippen LogP contribution in [0.25, 0.3) is 0 Å². The Kier molecular flexibility index (Phi) is 3.94. The first-order valence-corrected chi connectivity index (χ1v) is 4.65. The Morgan fingerprint density at radius 3 is 3.07 bits per heavy atom. The minimum absolute atomic E-state index is 0.239. The molecule has 4 nitrogen and oxygen atoms in total. The number of rotatable bonds is 3. The average molecular weight is 269 g/mol. The molecule has 1 aromatic rings. The molecule has 0 aliphatic rings. The van der Waals surface area contributed by atoms with Crippen LogP contribution < -0.4 is 5.32 Å². The summed E-state index contributed by atoms with van der Waals surface area (Å²) in [4.78, 5) is 3.75. The van der Waals surface area contributed by atoms with Gasteiger partial charge in [-0.25, -0.2) is 9.37 Å². The van der Waals surface area contributed by atoms with Gasteiger partial charge in [0.25, 0.3) is 0 Å². The maximum atomic E-state index is 12.8. The summed E-state index contributed by atoms with van der Waals surface area (Å²) in [6, 6.07) is 4.92. The van der Waals surface area contributed by atoms with Gasteiger partial charge in [-0.3, -0.25) is 5.41 Å². The highest BCUT2D eigenvalue weighted by molar-refractivity contribution is 9.18. The molecule has 0 aromatic carbocycles. The van der Waals surface area contributed by atoms with Gasteiger partial charge in [0, 0.05) is 18.1 Å². The van der Waals surface area contributed by atoms with Crippen LogP contribution in [0.15, 0.2) is 30.4 Å². The van der Waals surface area contributed by atoms with Crippen molar-refractivity contribution in [2.45, 2.75) is 0 Å². The third kappa shape index (κ3) is 3.48. The molecule has 0 radical (unpaired) electrons. The van der Waals surface area contributed by atoms with Crippen molar-refractivity contribution in [2.75, 3.05) is 5.32 Å². The number of allylic oxidation sites excluding steroid dienone is 1. The number of nitrogens with one attached hydrogen (secondary N) is 2. The fraction of sp³-hybridized carbons (Fsp3) is 0. The van der Waals surface area contributed by atoms with E-state index in [1.807, 2.05) is 6.07 Å². The first-order valence-electron chi connectivity index (χ1n) is 3.86. The van der Waals surface area contributed by atoms with Gasteiger partial charge in [-0.15, -0.1) is 0 Å². The molecular formula is C9H6BrFN4. The minimum Gasteiger partial charge on any atom is -0.359 e. The normalized spacial score (nSPS) is 10.6. The predicted octanol–water partition coefficient (Wildman–Crippen LogP) is 2.55. The van der Waals surface area contributed by atoms with Crippen LogP contribution in [0.2, 0.25) is 0 Å². The summed E-state index contributed by atoms with van der Waals surface area (Å²) < 4.78 is 12.5. The summed E-state index contributed by atoms with van der Waals surface area (Å²) in [7, 11) is 0. The van der Waals surface area contributed by atoms with Crippen LogP contribution in [0, 0.1) is 16.7 Å². The van der Waals surface area contributed by atoms with Crippen LogP contribution in [0.3, 0.4) is 0 Å². The Hall–Kier alpha value is -1.74. The lowest BCUT2D eigenvalue weighted by atomic mass is 10.3. The highest BCUT2D eigenvalue weighted by atomic mass is 79.9. The number of nitrogens with zero attached hydrogens (tertiary/aromatic N) is 2. The number of nitriles is 1. The Labute approximate surface area is 94.1 Å². The highest BCUT2D eigenvalue weighted by Crippen LogP contribution is 2.10. The molecule has 0 amide bonds. The SMILES string of the molecule is N#Cc1cc(N/C=C(/F)C(=N)Br)ccn1. The lowest BCUT2D eigenvalue weighted by Gasteiger charge is -2.00. The molecule has 0 spiro atoms. The van der Waals surface area contributed by atoms with E-state index in [4.69, 9.17) is 10.7 Å². The van der Waals surface area contributed by atoms with Crippen LogP contribution >= 0.6 is 15.9 Å². The number of hydrogen-bond donors (Lipinski definition) is 2. The molecule has 0 saturated heterocycles. The minimum atomic E-state index is -0.731. The van der Waals surface area contributed by atoms with E-state index in [1.165, 1.54) is 12.3 Å². The molecule has 0 saturated carbocycles. The van der Waals surface area contributed by atoms with Gasteiger partial charge in [-0.2, -0.15) is 5.26 Å². The maximum absolute atomic E-state index is 12.8. The zero-order chi connectivity index (χ0) is 11.3. The summed E-state index contributed by atoms with van der Waals surface area (Å²) in [6.07, 6.45) is 2.46. The second-order valence-corrected chi connectivity index (χ2v) is 3.29. The maximum Gasteiger partial charge on any atom is 0.171 e. The zero-order valence-electron chi connectivity index (χ0n) is 7.46. The van der Waals surface area contributed by atoms with Crippen LogP contribution in [0.5, 0.6) is 0 Å². The average Bonchev–Trinajstić information content (AvgIpc) is 2.26. The van der Waals surface area contributed by atoms with Crippen molar-refractivity contribution in [1.82, 2.24) is 4.98 Å². The summed E-state index contributed by atoms with van der Waals surface area (Å²) in [5.41, 5.74) is 0.771. The van der Waals surface area contributed by atoms with Crippen molar-refractivity contribution in [1.29, 1.82) is 10.7 Å². The van der Waals surface area contributed by atoms with Gasteiger partial charge in [0.2, 0.25) is 0 Å². The van der Waals surface area contributed by atoms with Crippen molar-refractivity contribution in [3.8, 4) is 6.07 Å². The van der Waals surface area contributed by atoms with Crippen molar-refractivity contribution in [3.05, 3.63) is 36.1 Å². The predicted molar refractivity (Wildman–Crippen MR) is 58.4 cm³/mol. The standard InChI is InChI=1S/C9H6BrFN4/c10-9(13)8(11)5-15-6-1-2-14-7(3-6)4-12/h1-3,5,13H,(H,14,15)/b8-5+,13-9?. The number of hydrogen-bond acceptors (Lipinski definition) is 4. The highest BCUT2D eigenvalue weighted by Gasteiger charge is 1.99. The Morgan fingerprint density at radius 1 is 1.73 bits per heavy atom. The van der Waals surface area contributed by atoms with Crippen LogP contribution in [0.1, 0.15) is 5.69 Å². The molecule has 76 valence electrons. The van der Waals surface area contributed by atoms with E-state index in [0.29, 0.717) is 5.69 Å². The Morgan fingerprint density at radius 2 is 2.47 bits per heavy atom. The first kappa shape index (κ1) is 11.3. The van der Waals surface area contributed by atoms with E-state index < -0.39 is 5.83 Å². The summed E-state index contributed by atoms with van der Waals surface area (Å²) in [5.74, 6) is -0.731. The molecule has 1 heterocycles. The van der Waals surface area contributed by atoms with E-state index in [0.717, 1.165) is 6.20 Å². The van der Waals surface area contributed by atoms with E-state index in [1.54, 1.807) is 6.07 Å². The lowest BCUT2D eigenvalue weighted by Crippen LogP contribution is -1.94. The molecule has 0 aliphatic carbocycles. The van der Waals surface area contributed by atoms with Crippen molar-refractivity contribution < 1.29 is 4.39 Å². The molecule has 6 heteroatoms. The molecule has 0 fully saturated rings. The fourth-order valence-electron chi connectivity index (χ4n) is 0.792. The fourth-order valence-corrected chi connectivity index (χ4v) is 0.906. The first-order chi connectivity index (χ1) is 7.13. The van der Waals surface area contributed by atoms with E-state index in [2.05, 4.69) is 26.2 Å². The van der Waals surface area contributed by atoms with Crippen LogP contribution in [-0.4, -0.2) is 9.60 Å². The summed E-state index contributed by atoms with van der Waals surface area (Å²) >= 11 is 2.68. The monoisotopic (exact) mass is 268 g/mol. The van der Waals surface area contributed by atoms with Crippen molar-refractivity contribution in [3.63, 3.8) is 0 Å². The van der Waals surface area contributed by atoms with Crippen molar-refractivity contribution >= 4 is 26.2 Å². The molecule has 1 aromatic heterocycles. The smallest absolute Gasteiger partial charge is 0.171 e. The number of pyridine rings is 1.